The number of anilines is 3. The molecule has 4 aromatic rings. The highest BCUT2D eigenvalue weighted by Gasteiger charge is 2.11. The lowest BCUT2D eigenvalue weighted by Crippen LogP contribution is -2.14. The maximum Gasteiger partial charge on any atom is 0.234 e. The first kappa shape index (κ1) is 20.1. The van der Waals surface area contributed by atoms with E-state index in [1.54, 1.807) is 0 Å². The van der Waals surface area contributed by atoms with Crippen LogP contribution in [0.5, 0.6) is 0 Å². The summed E-state index contributed by atoms with van der Waals surface area (Å²) < 4.78 is 0.747. The van der Waals surface area contributed by atoms with E-state index in [4.69, 9.17) is 0 Å². The summed E-state index contributed by atoms with van der Waals surface area (Å²) in [4.78, 5) is 12.5. The van der Waals surface area contributed by atoms with Gasteiger partial charge in [0.15, 0.2) is 4.34 Å². The normalized spacial score (nSPS) is 10.6. The van der Waals surface area contributed by atoms with Crippen molar-refractivity contribution in [2.45, 2.75) is 11.3 Å². The Morgan fingerprint density at radius 2 is 1.77 bits per heavy atom. The Morgan fingerprint density at radius 3 is 2.60 bits per heavy atom. The third-order valence-corrected chi connectivity index (χ3v) is 6.26. The van der Waals surface area contributed by atoms with Gasteiger partial charge in [0.05, 0.1) is 5.75 Å². The fourth-order valence-electron chi connectivity index (χ4n) is 2.94. The van der Waals surface area contributed by atoms with Gasteiger partial charge in [0.1, 0.15) is 0 Å². The van der Waals surface area contributed by atoms with E-state index in [1.807, 2.05) is 85.8 Å². The quantitative estimate of drug-likeness (QED) is 0.351. The van der Waals surface area contributed by atoms with E-state index < -0.39 is 0 Å². The smallest absolute Gasteiger partial charge is 0.234 e. The molecule has 1 heterocycles. The number of para-hydroxylation sites is 1. The van der Waals surface area contributed by atoms with Gasteiger partial charge in [-0.25, -0.2) is 0 Å². The average molecular weight is 433 g/mol. The van der Waals surface area contributed by atoms with Crippen LogP contribution in [0.25, 0.3) is 11.1 Å². The average Bonchev–Trinajstić information content (AvgIpc) is 3.21. The number of hydrogen-bond donors (Lipinski definition) is 2. The van der Waals surface area contributed by atoms with Crippen LogP contribution in [0.2, 0.25) is 0 Å². The number of nitrogens with one attached hydrogen (secondary N) is 2. The molecule has 0 aliphatic rings. The number of amides is 1. The topological polar surface area (TPSA) is 66.9 Å². The van der Waals surface area contributed by atoms with Crippen LogP contribution in [0.15, 0.2) is 83.2 Å². The summed E-state index contributed by atoms with van der Waals surface area (Å²) in [6.07, 6.45) is 0. The van der Waals surface area contributed by atoms with Crippen LogP contribution in [0.3, 0.4) is 0 Å². The number of aryl methyl sites for hydroxylation is 1. The van der Waals surface area contributed by atoms with Crippen LogP contribution in [0.1, 0.15) is 5.56 Å². The van der Waals surface area contributed by atoms with Gasteiger partial charge in [-0.2, -0.15) is 0 Å². The second-order valence-corrected chi connectivity index (χ2v) is 8.82. The van der Waals surface area contributed by atoms with Gasteiger partial charge < -0.3 is 10.6 Å². The molecule has 0 aliphatic carbocycles. The Morgan fingerprint density at radius 1 is 0.967 bits per heavy atom. The van der Waals surface area contributed by atoms with Crippen molar-refractivity contribution in [1.82, 2.24) is 10.2 Å². The summed E-state index contributed by atoms with van der Waals surface area (Å²) in [7, 11) is 0. The summed E-state index contributed by atoms with van der Waals surface area (Å²) in [6.45, 7) is 2.04. The van der Waals surface area contributed by atoms with Crippen LogP contribution in [-0.4, -0.2) is 21.9 Å². The molecule has 150 valence electrons. The molecule has 0 bridgehead atoms. The van der Waals surface area contributed by atoms with Gasteiger partial charge in [0.25, 0.3) is 0 Å². The fraction of sp³-hybridized carbons (Fsp3) is 0.0870. The van der Waals surface area contributed by atoms with Gasteiger partial charge in [0, 0.05) is 16.9 Å². The maximum atomic E-state index is 12.5. The Hall–Kier alpha value is -3.16. The number of carbonyl (C=O) groups excluding carboxylic acids is 1. The van der Waals surface area contributed by atoms with Crippen molar-refractivity contribution >= 4 is 45.5 Å². The summed E-state index contributed by atoms with van der Waals surface area (Å²) >= 11 is 2.81. The summed E-state index contributed by atoms with van der Waals surface area (Å²) in [5, 5.41) is 15.3. The zero-order valence-electron chi connectivity index (χ0n) is 16.3. The van der Waals surface area contributed by atoms with E-state index in [-0.39, 0.29) is 11.7 Å². The molecule has 0 saturated carbocycles. The molecular weight excluding hydrogens is 412 g/mol. The molecule has 5 nitrogen and oxygen atoms in total. The minimum Gasteiger partial charge on any atom is -0.330 e. The Balaban J connectivity index is 1.36. The number of rotatable bonds is 7. The summed E-state index contributed by atoms with van der Waals surface area (Å²) in [5.41, 5.74) is 5.01. The molecule has 0 atom stereocenters. The number of benzene rings is 3. The maximum absolute atomic E-state index is 12.5. The van der Waals surface area contributed by atoms with E-state index in [2.05, 4.69) is 20.8 Å². The number of aromatic nitrogens is 2. The molecular formula is C23H20N4OS2. The summed E-state index contributed by atoms with van der Waals surface area (Å²) in [6, 6.07) is 25.9. The van der Waals surface area contributed by atoms with Crippen molar-refractivity contribution in [3.8, 4) is 11.1 Å². The largest absolute Gasteiger partial charge is 0.330 e. The first-order valence-corrected chi connectivity index (χ1v) is 11.2. The van der Waals surface area contributed by atoms with Crippen LogP contribution < -0.4 is 10.6 Å². The van der Waals surface area contributed by atoms with E-state index in [0.29, 0.717) is 5.13 Å². The third-order valence-electron chi connectivity index (χ3n) is 4.29. The molecule has 4 rings (SSSR count). The highest BCUT2D eigenvalue weighted by Crippen LogP contribution is 2.30. The fourth-order valence-corrected chi connectivity index (χ4v) is 4.51. The zero-order chi connectivity index (χ0) is 20.8. The molecule has 1 aromatic heterocycles. The minimum atomic E-state index is -0.0771. The van der Waals surface area contributed by atoms with Gasteiger partial charge in [0.2, 0.25) is 11.0 Å². The van der Waals surface area contributed by atoms with Gasteiger partial charge in [-0.15, -0.1) is 10.2 Å². The lowest BCUT2D eigenvalue weighted by molar-refractivity contribution is -0.113. The molecule has 0 unspecified atom stereocenters. The van der Waals surface area contributed by atoms with Crippen molar-refractivity contribution in [2.24, 2.45) is 0 Å². The zero-order valence-corrected chi connectivity index (χ0v) is 18.0. The van der Waals surface area contributed by atoms with Crippen LogP contribution in [-0.2, 0) is 4.79 Å². The van der Waals surface area contributed by atoms with E-state index in [0.717, 1.165) is 26.8 Å². The molecule has 0 saturated heterocycles. The minimum absolute atomic E-state index is 0.0771. The van der Waals surface area contributed by atoms with E-state index in [1.165, 1.54) is 28.7 Å². The van der Waals surface area contributed by atoms with Crippen molar-refractivity contribution in [3.63, 3.8) is 0 Å². The SMILES string of the molecule is Cc1cccc(Nc2nnc(SCC(=O)Nc3ccccc3-c3ccccc3)s2)c1. The van der Waals surface area contributed by atoms with Crippen molar-refractivity contribution in [1.29, 1.82) is 0 Å². The second-order valence-electron chi connectivity index (χ2n) is 6.62. The Bertz CT molecular complexity index is 1140. The molecule has 1 amide bonds. The first-order chi connectivity index (χ1) is 14.7. The molecule has 3 aromatic carbocycles. The van der Waals surface area contributed by atoms with Crippen LogP contribution in [0, 0.1) is 6.92 Å². The molecule has 0 spiro atoms. The molecule has 2 N–H and O–H groups in total. The highest BCUT2D eigenvalue weighted by atomic mass is 32.2. The molecule has 7 heteroatoms. The third kappa shape index (κ3) is 5.25. The van der Waals surface area contributed by atoms with Crippen molar-refractivity contribution in [3.05, 3.63) is 84.4 Å². The van der Waals surface area contributed by atoms with Crippen molar-refractivity contribution < 1.29 is 4.79 Å². The number of carbonyl (C=O) groups is 1. The van der Waals surface area contributed by atoms with Gasteiger partial charge in [-0.3, -0.25) is 4.79 Å². The van der Waals surface area contributed by atoms with Crippen LogP contribution in [0.4, 0.5) is 16.5 Å². The number of thioether (sulfide) groups is 1. The van der Waals surface area contributed by atoms with E-state index >= 15 is 0 Å². The van der Waals surface area contributed by atoms with Crippen LogP contribution >= 0.6 is 23.1 Å². The monoisotopic (exact) mass is 432 g/mol. The van der Waals surface area contributed by atoms with Gasteiger partial charge in [-0.1, -0.05) is 83.8 Å². The van der Waals surface area contributed by atoms with Gasteiger partial charge >= 0.3 is 0 Å². The predicted molar refractivity (Wildman–Crippen MR) is 126 cm³/mol. The van der Waals surface area contributed by atoms with Crippen molar-refractivity contribution in [2.75, 3.05) is 16.4 Å². The lowest BCUT2D eigenvalue weighted by atomic mass is 10.0. The lowest BCUT2D eigenvalue weighted by Gasteiger charge is -2.10. The van der Waals surface area contributed by atoms with E-state index in [9.17, 15) is 4.79 Å². The molecule has 0 aliphatic heterocycles. The summed E-state index contributed by atoms with van der Waals surface area (Å²) in [5.74, 6) is 0.189. The predicted octanol–water partition coefficient (Wildman–Crippen LogP) is 5.99. The second kappa shape index (κ2) is 9.56. The molecule has 0 radical (unpaired) electrons. The standard InChI is InChI=1S/C23H20N4OS2/c1-16-8-7-11-18(14-16)24-22-26-27-23(30-22)29-15-21(28)25-20-13-6-5-12-19(20)17-9-3-2-4-10-17/h2-14H,15H2,1H3,(H,24,26)(H,25,28). The highest BCUT2D eigenvalue weighted by molar-refractivity contribution is 8.01. The Labute approximate surface area is 183 Å². The molecule has 30 heavy (non-hydrogen) atoms. The number of nitrogens with zero attached hydrogens (tertiary/aromatic N) is 2. The molecule has 0 fully saturated rings. The first-order valence-electron chi connectivity index (χ1n) is 9.42. The van der Waals surface area contributed by atoms with Gasteiger partial charge in [-0.05, 0) is 36.2 Å². The Kier molecular flexibility index (Phi) is 6.41. The number of hydrogen-bond acceptors (Lipinski definition) is 6.